The molecule has 1 aromatic heterocycles. The van der Waals surface area contributed by atoms with E-state index in [2.05, 4.69) is 20.8 Å². The third-order valence-corrected chi connectivity index (χ3v) is 3.33. The van der Waals surface area contributed by atoms with Crippen molar-refractivity contribution in [3.8, 4) is 0 Å². The maximum Gasteiger partial charge on any atom is 0.269 e. The summed E-state index contributed by atoms with van der Waals surface area (Å²) in [6.07, 6.45) is 6.76. The van der Waals surface area contributed by atoms with Gasteiger partial charge in [0.25, 0.3) is 5.91 Å². The van der Waals surface area contributed by atoms with E-state index in [1.165, 1.54) is 0 Å². The topological polar surface area (TPSA) is 75.6 Å². The number of nitrogens with zero attached hydrogens (tertiary/aromatic N) is 2. The summed E-state index contributed by atoms with van der Waals surface area (Å²) in [6, 6.07) is 13.1. The van der Waals surface area contributed by atoms with E-state index in [1.807, 2.05) is 36.4 Å². The normalized spacial score (nSPS) is 14.8. The van der Waals surface area contributed by atoms with E-state index in [9.17, 15) is 4.79 Å². The number of amides is 1. The first-order valence-electron chi connectivity index (χ1n) is 7.34. The minimum Gasteiger partial charge on any atom is -0.494 e. The van der Waals surface area contributed by atoms with E-state index >= 15 is 0 Å². The van der Waals surface area contributed by atoms with Gasteiger partial charge in [-0.15, -0.1) is 0 Å². The lowest BCUT2D eigenvalue weighted by Gasteiger charge is -2.06. The summed E-state index contributed by atoms with van der Waals surface area (Å²) in [5.41, 5.74) is 7.59. The summed E-state index contributed by atoms with van der Waals surface area (Å²) in [7, 11) is 1.58. The Bertz CT molecular complexity index is 811. The number of aliphatic imine (C=N–C) groups is 1. The summed E-state index contributed by atoms with van der Waals surface area (Å²) in [4.78, 5) is 20.3. The molecule has 0 saturated heterocycles. The summed E-state index contributed by atoms with van der Waals surface area (Å²) in [6.45, 7) is 0. The number of hydrazine groups is 1. The largest absolute Gasteiger partial charge is 0.494 e. The van der Waals surface area contributed by atoms with E-state index < -0.39 is 0 Å². The number of amidine groups is 1. The molecule has 6 nitrogen and oxygen atoms in total. The van der Waals surface area contributed by atoms with Crippen molar-refractivity contribution in [2.24, 2.45) is 4.99 Å². The quantitative estimate of drug-likeness (QED) is 0.851. The molecule has 2 heterocycles. The van der Waals surface area contributed by atoms with Gasteiger partial charge < -0.3 is 4.74 Å². The second kappa shape index (κ2) is 7.23. The van der Waals surface area contributed by atoms with Gasteiger partial charge in [-0.3, -0.25) is 20.6 Å². The maximum atomic E-state index is 12.0. The summed E-state index contributed by atoms with van der Waals surface area (Å²) >= 11 is 0. The third kappa shape index (κ3) is 3.67. The average molecular weight is 320 g/mol. The minimum absolute atomic E-state index is 0.270. The predicted molar refractivity (Wildman–Crippen MR) is 91.8 cm³/mol. The Kier molecular flexibility index (Phi) is 4.67. The molecule has 6 heteroatoms. The van der Waals surface area contributed by atoms with Crippen molar-refractivity contribution >= 4 is 17.8 Å². The standard InChI is InChI=1S/C18H16N4O2/c1-24-16-12-17(20-15(16)11-13-5-3-2-4-6-13)21-22-18(23)14-7-9-19-10-8-14/h2-12H,1H3,(H,20,21)(H,22,23)/b15-11-. The van der Waals surface area contributed by atoms with Crippen LogP contribution >= 0.6 is 0 Å². The molecule has 2 N–H and O–H groups in total. The molecule has 0 fully saturated rings. The molecule has 1 aromatic carbocycles. The first-order chi connectivity index (χ1) is 11.8. The average Bonchev–Trinajstić information content (AvgIpc) is 3.03. The fourth-order valence-electron chi connectivity index (χ4n) is 2.15. The number of methoxy groups -OCH3 is 1. The van der Waals surface area contributed by atoms with Crippen LogP contribution < -0.4 is 10.9 Å². The van der Waals surface area contributed by atoms with Gasteiger partial charge in [0.1, 0.15) is 17.3 Å². The van der Waals surface area contributed by atoms with Gasteiger partial charge >= 0.3 is 0 Å². The van der Waals surface area contributed by atoms with Crippen LogP contribution in [0.3, 0.4) is 0 Å². The second-order valence-corrected chi connectivity index (χ2v) is 4.97. The number of carbonyl (C=O) groups excluding carboxylic acids is 1. The highest BCUT2D eigenvalue weighted by Crippen LogP contribution is 2.21. The Morgan fingerprint density at radius 3 is 2.58 bits per heavy atom. The smallest absolute Gasteiger partial charge is 0.269 e. The highest BCUT2D eigenvalue weighted by molar-refractivity contribution is 6.01. The summed E-state index contributed by atoms with van der Waals surface area (Å²) in [5, 5.41) is 0. The first kappa shape index (κ1) is 15.5. The number of hydrogen-bond donors (Lipinski definition) is 2. The van der Waals surface area contributed by atoms with Crippen LogP contribution in [0, 0.1) is 0 Å². The molecule has 1 aliphatic rings. The molecule has 0 bridgehead atoms. The van der Waals surface area contributed by atoms with Gasteiger partial charge in [0.2, 0.25) is 0 Å². The minimum atomic E-state index is -0.270. The van der Waals surface area contributed by atoms with Gasteiger partial charge in [-0.1, -0.05) is 30.3 Å². The van der Waals surface area contributed by atoms with E-state index in [0.717, 1.165) is 5.56 Å². The molecule has 0 spiro atoms. The summed E-state index contributed by atoms with van der Waals surface area (Å²) in [5.74, 6) is 0.851. The molecule has 3 rings (SSSR count). The van der Waals surface area contributed by atoms with Crippen LogP contribution in [0.5, 0.6) is 0 Å². The zero-order valence-corrected chi connectivity index (χ0v) is 13.1. The number of hydrogen-bond acceptors (Lipinski definition) is 5. The Hall–Kier alpha value is -3.41. The van der Waals surface area contributed by atoms with Gasteiger partial charge in [0.15, 0.2) is 0 Å². The van der Waals surface area contributed by atoms with Crippen LogP contribution in [0.1, 0.15) is 15.9 Å². The zero-order valence-electron chi connectivity index (χ0n) is 13.1. The lowest BCUT2D eigenvalue weighted by molar-refractivity contribution is 0.0944. The molecular weight excluding hydrogens is 304 g/mol. The van der Waals surface area contributed by atoms with Crippen molar-refractivity contribution in [1.29, 1.82) is 0 Å². The van der Waals surface area contributed by atoms with Crippen molar-refractivity contribution in [2.75, 3.05) is 7.11 Å². The second-order valence-electron chi connectivity index (χ2n) is 4.97. The highest BCUT2D eigenvalue weighted by atomic mass is 16.5. The Balaban J connectivity index is 1.70. The third-order valence-electron chi connectivity index (χ3n) is 3.33. The number of rotatable bonds is 3. The molecule has 120 valence electrons. The molecule has 24 heavy (non-hydrogen) atoms. The molecule has 1 aliphatic heterocycles. The Morgan fingerprint density at radius 2 is 1.88 bits per heavy atom. The van der Waals surface area contributed by atoms with Crippen LogP contribution in [-0.4, -0.2) is 23.8 Å². The Morgan fingerprint density at radius 1 is 1.12 bits per heavy atom. The Labute approximate surface area is 139 Å². The number of nitrogens with one attached hydrogen (secondary N) is 2. The van der Waals surface area contributed by atoms with E-state index in [-0.39, 0.29) is 5.91 Å². The molecule has 0 unspecified atom stereocenters. The predicted octanol–water partition coefficient (Wildman–Crippen LogP) is 2.30. The molecule has 0 saturated carbocycles. The van der Waals surface area contributed by atoms with E-state index in [0.29, 0.717) is 22.9 Å². The van der Waals surface area contributed by atoms with Crippen LogP contribution in [0.15, 0.2) is 77.4 Å². The zero-order chi connectivity index (χ0) is 16.8. The SMILES string of the molecule is COC1=CC(NNC(=O)c2ccncc2)=N/C1=C\c1ccccc1. The molecular formula is C18H16N4O2. The lowest BCUT2D eigenvalue weighted by Crippen LogP contribution is -2.40. The molecule has 2 aromatic rings. The van der Waals surface area contributed by atoms with Crippen LogP contribution in [0.25, 0.3) is 6.08 Å². The van der Waals surface area contributed by atoms with Crippen molar-refractivity contribution in [1.82, 2.24) is 15.8 Å². The number of carbonyl (C=O) groups is 1. The van der Waals surface area contributed by atoms with Gasteiger partial charge in [-0.2, -0.15) is 0 Å². The van der Waals surface area contributed by atoms with Crippen LogP contribution in [0.2, 0.25) is 0 Å². The fraction of sp³-hybridized carbons (Fsp3) is 0.0556. The monoisotopic (exact) mass is 320 g/mol. The fourth-order valence-corrected chi connectivity index (χ4v) is 2.15. The van der Waals surface area contributed by atoms with Gasteiger partial charge in [-0.05, 0) is 23.8 Å². The number of aromatic nitrogens is 1. The van der Waals surface area contributed by atoms with E-state index in [1.54, 1.807) is 37.7 Å². The lowest BCUT2D eigenvalue weighted by atomic mass is 10.2. The molecule has 0 aliphatic carbocycles. The molecule has 0 radical (unpaired) electrons. The van der Waals surface area contributed by atoms with Gasteiger partial charge in [0.05, 0.1) is 7.11 Å². The van der Waals surface area contributed by atoms with Crippen molar-refractivity contribution in [3.05, 3.63) is 83.5 Å². The van der Waals surface area contributed by atoms with Crippen molar-refractivity contribution in [3.63, 3.8) is 0 Å². The van der Waals surface area contributed by atoms with Gasteiger partial charge in [0, 0.05) is 24.0 Å². The van der Waals surface area contributed by atoms with Crippen LogP contribution in [-0.2, 0) is 4.74 Å². The highest BCUT2D eigenvalue weighted by Gasteiger charge is 2.15. The maximum absolute atomic E-state index is 12.0. The summed E-state index contributed by atoms with van der Waals surface area (Å²) < 4.78 is 5.33. The van der Waals surface area contributed by atoms with Crippen molar-refractivity contribution in [2.45, 2.75) is 0 Å². The number of pyridine rings is 1. The first-order valence-corrected chi connectivity index (χ1v) is 7.34. The van der Waals surface area contributed by atoms with E-state index in [4.69, 9.17) is 4.74 Å². The number of ether oxygens (including phenoxy) is 1. The van der Waals surface area contributed by atoms with Crippen LogP contribution in [0.4, 0.5) is 0 Å². The number of benzene rings is 1. The van der Waals surface area contributed by atoms with Gasteiger partial charge in [-0.25, -0.2) is 4.99 Å². The van der Waals surface area contributed by atoms with Crippen molar-refractivity contribution < 1.29 is 9.53 Å². The molecule has 1 amide bonds. The molecule has 0 atom stereocenters.